The van der Waals surface area contributed by atoms with Crippen LogP contribution in [-0.4, -0.2) is 46.8 Å². The number of aryl methyl sites for hydroxylation is 2. The van der Waals surface area contributed by atoms with Gasteiger partial charge in [-0.1, -0.05) is 120 Å². The number of nitrogens with zero attached hydrogens (tertiary/aromatic N) is 1. The van der Waals surface area contributed by atoms with Crippen LogP contribution in [-0.2, 0) is 14.3 Å². The van der Waals surface area contributed by atoms with Crippen molar-refractivity contribution >= 4 is 35.3 Å². The second kappa shape index (κ2) is 14.3. The quantitative estimate of drug-likeness (QED) is 0.0853. The topological polar surface area (TPSA) is 124 Å². The normalized spacial score (nSPS) is 13.3. The van der Waals surface area contributed by atoms with Gasteiger partial charge in [-0.15, -0.1) is 0 Å². The Bertz CT molecular complexity index is 2110. The SMILES string of the molecule is Cc1ccc(C(=O)[C@@H](OC(=O)CN2C(=O)c3ccc(C(=O)O[C@H](C(=O)c4ccc(C)cc4)c4ccccc4)cc3C2=O)c2ccccc2)cc1. The van der Waals surface area contributed by atoms with E-state index >= 15 is 0 Å². The summed E-state index contributed by atoms with van der Waals surface area (Å²) in [6.45, 7) is 3.01. The monoisotopic (exact) mass is 665 g/mol. The summed E-state index contributed by atoms with van der Waals surface area (Å²) in [4.78, 5) is 81.0. The predicted octanol–water partition coefficient (Wildman–Crippen LogP) is 6.85. The Morgan fingerprint density at radius 3 is 1.48 bits per heavy atom. The zero-order valence-electron chi connectivity index (χ0n) is 27.2. The van der Waals surface area contributed by atoms with Crippen LogP contribution in [0.3, 0.4) is 0 Å². The minimum absolute atomic E-state index is 0.0231. The van der Waals surface area contributed by atoms with Gasteiger partial charge in [-0.25, -0.2) is 4.79 Å². The molecule has 0 radical (unpaired) electrons. The number of rotatable bonds is 11. The number of amides is 2. The zero-order valence-corrected chi connectivity index (χ0v) is 27.2. The summed E-state index contributed by atoms with van der Waals surface area (Å²) in [7, 11) is 0. The molecule has 0 fully saturated rings. The Balaban J connectivity index is 1.19. The largest absolute Gasteiger partial charge is 0.448 e. The summed E-state index contributed by atoms with van der Waals surface area (Å²) in [6.07, 6.45) is -2.59. The first-order chi connectivity index (χ1) is 24.1. The predicted molar refractivity (Wildman–Crippen MR) is 183 cm³/mol. The fourth-order valence-electron chi connectivity index (χ4n) is 5.57. The van der Waals surface area contributed by atoms with Crippen molar-refractivity contribution in [2.75, 3.05) is 6.54 Å². The van der Waals surface area contributed by atoms with E-state index in [1.165, 1.54) is 18.2 Å². The third-order valence-corrected chi connectivity index (χ3v) is 8.32. The van der Waals surface area contributed by atoms with Crippen LogP contribution in [0.4, 0.5) is 0 Å². The lowest BCUT2D eigenvalue weighted by atomic mass is 9.99. The Labute approximate surface area is 288 Å². The van der Waals surface area contributed by atoms with Crippen LogP contribution in [0, 0.1) is 13.8 Å². The molecule has 1 aliphatic heterocycles. The van der Waals surface area contributed by atoms with Crippen molar-refractivity contribution in [3.05, 3.63) is 177 Å². The number of imide groups is 1. The molecule has 5 aromatic carbocycles. The molecule has 50 heavy (non-hydrogen) atoms. The van der Waals surface area contributed by atoms with Crippen molar-refractivity contribution in [3.63, 3.8) is 0 Å². The van der Waals surface area contributed by atoms with E-state index in [1.54, 1.807) is 109 Å². The number of esters is 2. The van der Waals surface area contributed by atoms with Gasteiger partial charge < -0.3 is 9.47 Å². The number of ether oxygens (including phenoxy) is 2. The van der Waals surface area contributed by atoms with Crippen molar-refractivity contribution < 1.29 is 38.2 Å². The molecule has 5 aromatic rings. The lowest BCUT2D eigenvalue weighted by molar-refractivity contribution is -0.147. The molecule has 6 rings (SSSR count). The van der Waals surface area contributed by atoms with Gasteiger partial charge >= 0.3 is 11.9 Å². The molecule has 0 saturated carbocycles. The van der Waals surface area contributed by atoms with Crippen LogP contribution in [0.1, 0.15) is 86.3 Å². The van der Waals surface area contributed by atoms with Crippen molar-refractivity contribution in [2.24, 2.45) is 0 Å². The molecular weight excluding hydrogens is 634 g/mol. The van der Waals surface area contributed by atoms with Crippen molar-refractivity contribution in [2.45, 2.75) is 26.1 Å². The summed E-state index contributed by atoms with van der Waals surface area (Å²) in [6, 6.07) is 34.5. The van der Waals surface area contributed by atoms with Gasteiger partial charge in [-0.05, 0) is 32.0 Å². The number of hydrogen-bond acceptors (Lipinski definition) is 8. The van der Waals surface area contributed by atoms with E-state index in [9.17, 15) is 28.8 Å². The highest BCUT2D eigenvalue weighted by atomic mass is 16.6. The molecule has 0 saturated heterocycles. The van der Waals surface area contributed by atoms with Crippen LogP contribution in [0.2, 0.25) is 0 Å². The highest BCUT2D eigenvalue weighted by molar-refractivity contribution is 6.23. The number of fused-ring (bicyclic) bond motifs is 1. The van der Waals surface area contributed by atoms with Crippen molar-refractivity contribution in [1.82, 2.24) is 4.90 Å². The number of Topliss-reactive ketones (excluding diaryl/α,β-unsaturated/α-hetero) is 2. The molecular formula is C41H31NO8. The molecule has 2 atom stereocenters. The van der Waals surface area contributed by atoms with E-state index in [4.69, 9.17) is 9.47 Å². The molecule has 1 aliphatic rings. The van der Waals surface area contributed by atoms with Crippen LogP contribution in [0.15, 0.2) is 127 Å². The molecule has 9 heteroatoms. The first-order valence-corrected chi connectivity index (χ1v) is 15.8. The first-order valence-electron chi connectivity index (χ1n) is 15.8. The molecule has 2 amide bonds. The van der Waals surface area contributed by atoms with Gasteiger partial charge in [-0.3, -0.25) is 28.9 Å². The summed E-state index contributed by atoms with van der Waals surface area (Å²) in [5, 5.41) is 0. The molecule has 0 unspecified atom stereocenters. The summed E-state index contributed by atoms with van der Waals surface area (Å²) in [5.74, 6) is -4.36. The molecule has 0 N–H and O–H groups in total. The fraction of sp³-hybridized carbons (Fsp3) is 0.122. The average Bonchev–Trinajstić information content (AvgIpc) is 3.37. The third kappa shape index (κ3) is 7.02. The number of ketones is 2. The first kappa shape index (κ1) is 33.4. The summed E-state index contributed by atoms with van der Waals surface area (Å²) < 4.78 is 11.3. The Morgan fingerprint density at radius 2 is 0.980 bits per heavy atom. The van der Waals surface area contributed by atoms with E-state index in [0.29, 0.717) is 27.2 Å². The van der Waals surface area contributed by atoms with E-state index in [1.807, 2.05) is 13.8 Å². The van der Waals surface area contributed by atoms with Gasteiger partial charge in [0.2, 0.25) is 11.6 Å². The maximum atomic E-state index is 13.5. The summed E-state index contributed by atoms with van der Waals surface area (Å²) in [5.41, 5.74) is 3.25. The molecule has 248 valence electrons. The van der Waals surface area contributed by atoms with Crippen LogP contribution in [0.25, 0.3) is 0 Å². The molecule has 1 heterocycles. The van der Waals surface area contributed by atoms with Gasteiger partial charge in [0.15, 0.2) is 12.2 Å². The Kier molecular flexibility index (Phi) is 9.58. The van der Waals surface area contributed by atoms with Crippen molar-refractivity contribution in [3.8, 4) is 0 Å². The maximum absolute atomic E-state index is 13.5. The van der Waals surface area contributed by atoms with E-state index in [-0.39, 0.29) is 16.7 Å². The van der Waals surface area contributed by atoms with Gasteiger partial charge in [-0.2, -0.15) is 0 Å². The van der Waals surface area contributed by atoms with Gasteiger partial charge in [0.25, 0.3) is 11.8 Å². The minimum Gasteiger partial charge on any atom is -0.448 e. The smallest absolute Gasteiger partial charge is 0.339 e. The van der Waals surface area contributed by atoms with E-state index in [0.717, 1.165) is 11.1 Å². The van der Waals surface area contributed by atoms with E-state index < -0.39 is 54.1 Å². The number of benzene rings is 5. The van der Waals surface area contributed by atoms with Crippen LogP contribution >= 0.6 is 0 Å². The van der Waals surface area contributed by atoms with Gasteiger partial charge in [0.1, 0.15) is 6.54 Å². The van der Waals surface area contributed by atoms with Gasteiger partial charge in [0, 0.05) is 22.3 Å². The molecule has 0 aromatic heterocycles. The maximum Gasteiger partial charge on any atom is 0.339 e. The fourth-order valence-corrected chi connectivity index (χ4v) is 5.57. The van der Waals surface area contributed by atoms with Crippen LogP contribution in [0.5, 0.6) is 0 Å². The minimum atomic E-state index is -1.32. The molecule has 0 bridgehead atoms. The Morgan fingerprint density at radius 1 is 0.540 bits per heavy atom. The molecule has 0 aliphatic carbocycles. The standard InChI is InChI=1S/C41H31NO8/c1-25-13-17-27(18-14-25)35(44)37(29-9-5-3-6-10-29)49-34(43)24-42-39(46)32-22-21-31(23-33(32)40(42)47)41(48)50-38(30-11-7-4-8-12-30)36(45)28-19-15-26(2)16-20-28/h3-23,37-38H,24H2,1-2H3/t37-,38-/m0/s1. The van der Waals surface area contributed by atoms with Gasteiger partial charge in [0.05, 0.1) is 16.7 Å². The highest BCUT2D eigenvalue weighted by Crippen LogP contribution is 2.29. The summed E-state index contributed by atoms with van der Waals surface area (Å²) >= 11 is 0. The number of carbonyl (C=O) groups excluding carboxylic acids is 6. The second-order valence-corrected chi connectivity index (χ2v) is 11.9. The average molecular weight is 666 g/mol. The number of carbonyl (C=O) groups is 6. The molecule has 9 nitrogen and oxygen atoms in total. The lowest BCUT2D eigenvalue weighted by Crippen LogP contribution is -2.36. The third-order valence-electron chi connectivity index (χ3n) is 8.32. The lowest BCUT2D eigenvalue weighted by Gasteiger charge is -2.19. The molecule has 0 spiro atoms. The Hall–Kier alpha value is -6.48. The van der Waals surface area contributed by atoms with Crippen LogP contribution < -0.4 is 0 Å². The number of hydrogen-bond donors (Lipinski definition) is 0. The van der Waals surface area contributed by atoms with E-state index in [2.05, 4.69) is 0 Å². The highest BCUT2D eigenvalue weighted by Gasteiger charge is 2.39. The zero-order chi connectivity index (χ0) is 35.4. The van der Waals surface area contributed by atoms with Crippen molar-refractivity contribution in [1.29, 1.82) is 0 Å². The second-order valence-electron chi connectivity index (χ2n) is 11.9.